The highest BCUT2D eigenvalue weighted by atomic mass is 35.5. The molecule has 0 spiro atoms. The van der Waals surface area contributed by atoms with E-state index in [1.807, 2.05) is 0 Å². The molecule has 0 saturated carbocycles. The lowest BCUT2D eigenvalue weighted by molar-refractivity contribution is 0.0939. The molecular weight excluding hydrogens is 276 g/mol. The summed E-state index contributed by atoms with van der Waals surface area (Å²) in [6, 6.07) is 3.96. The molecule has 1 aromatic heterocycles. The molecule has 1 atom stereocenters. The monoisotopic (exact) mass is 285 g/mol. The molecule has 0 saturated heterocycles. The number of nitrogens with one attached hydrogen (secondary N) is 1. The highest BCUT2D eigenvalue weighted by Crippen LogP contribution is 2.20. The third-order valence-electron chi connectivity index (χ3n) is 2.64. The number of halogens is 3. The SMILES string of the molecule is CC(NC(=O)c1ccoc1Cl)c1ccc(F)cc1F. The van der Waals surface area contributed by atoms with E-state index in [1.165, 1.54) is 18.4 Å². The zero-order valence-electron chi connectivity index (χ0n) is 9.91. The van der Waals surface area contributed by atoms with Crippen molar-refractivity contribution in [3.8, 4) is 0 Å². The van der Waals surface area contributed by atoms with Crippen molar-refractivity contribution in [2.24, 2.45) is 0 Å². The maximum Gasteiger partial charge on any atom is 0.256 e. The van der Waals surface area contributed by atoms with Crippen molar-refractivity contribution in [1.82, 2.24) is 5.32 Å². The first-order chi connectivity index (χ1) is 8.99. The van der Waals surface area contributed by atoms with Crippen LogP contribution in [0.5, 0.6) is 0 Å². The Morgan fingerprint density at radius 1 is 1.37 bits per heavy atom. The molecule has 1 amide bonds. The first-order valence-corrected chi connectivity index (χ1v) is 5.85. The van der Waals surface area contributed by atoms with E-state index >= 15 is 0 Å². The van der Waals surface area contributed by atoms with Crippen LogP contribution in [0.2, 0.25) is 5.22 Å². The lowest BCUT2D eigenvalue weighted by atomic mass is 10.1. The standard InChI is InChI=1S/C13H10ClF2NO2/c1-7(9-3-2-8(15)6-11(9)16)17-13(18)10-4-5-19-12(10)14/h2-7H,1H3,(H,17,18). The molecule has 1 heterocycles. The van der Waals surface area contributed by atoms with Gasteiger partial charge in [0.15, 0.2) is 0 Å². The smallest absolute Gasteiger partial charge is 0.256 e. The van der Waals surface area contributed by atoms with Crippen LogP contribution in [0.3, 0.4) is 0 Å². The quantitative estimate of drug-likeness (QED) is 0.934. The van der Waals surface area contributed by atoms with E-state index in [0.717, 1.165) is 12.1 Å². The van der Waals surface area contributed by atoms with E-state index in [9.17, 15) is 13.6 Å². The van der Waals surface area contributed by atoms with Gasteiger partial charge >= 0.3 is 0 Å². The van der Waals surface area contributed by atoms with Crippen molar-refractivity contribution >= 4 is 17.5 Å². The molecule has 6 heteroatoms. The zero-order chi connectivity index (χ0) is 14.0. The van der Waals surface area contributed by atoms with E-state index in [1.54, 1.807) is 6.92 Å². The fraction of sp³-hybridized carbons (Fsp3) is 0.154. The number of carbonyl (C=O) groups is 1. The van der Waals surface area contributed by atoms with Crippen molar-refractivity contribution in [2.45, 2.75) is 13.0 Å². The van der Waals surface area contributed by atoms with Crippen LogP contribution in [0.1, 0.15) is 28.9 Å². The van der Waals surface area contributed by atoms with E-state index in [2.05, 4.69) is 5.32 Å². The molecule has 1 aromatic carbocycles. The Morgan fingerprint density at radius 3 is 2.68 bits per heavy atom. The number of hydrogen-bond acceptors (Lipinski definition) is 2. The van der Waals surface area contributed by atoms with Gasteiger partial charge in [0.2, 0.25) is 5.22 Å². The first kappa shape index (κ1) is 13.5. The van der Waals surface area contributed by atoms with Crippen LogP contribution in [-0.2, 0) is 0 Å². The number of benzene rings is 1. The van der Waals surface area contributed by atoms with Crippen molar-refractivity contribution in [3.63, 3.8) is 0 Å². The van der Waals surface area contributed by atoms with E-state index in [-0.39, 0.29) is 16.3 Å². The Balaban J connectivity index is 2.15. The topological polar surface area (TPSA) is 42.2 Å². The number of rotatable bonds is 3. The summed E-state index contributed by atoms with van der Waals surface area (Å²) < 4.78 is 31.1. The van der Waals surface area contributed by atoms with Crippen molar-refractivity contribution < 1.29 is 18.0 Å². The maximum absolute atomic E-state index is 13.5. The third-order valence-corrected chi connectivity index (χ3v) is 2.93. The van der Waals surface area contributed by atoms with Gasteiger partial charge in [0.05, 0.1) is 17.9 Å². The summed E-state index contributed by atoms with van der Waals surface area (Å²) in [4.78, 5) is 11.8. The molecule has 0 aliphatic carbocycles. The fourth-order valence-electron chi connectivity index (χ4n) is 1.66. The number of furan rings is 1. The zero-order valence-corrected chi connectivity index (χ0v) is 10.7. The van der Waals surface area contributed by atoms with E-state index in [4.69, 9.17) is 16.0 Å². The molecule has 19 heavy (non-hydrogen) atoms. The number of amides is 1. The van der Waals surface area contributed by atoms with Crippen molar-refractivity contribution in [1.29, 1.82) is 0 Å². The van der Waals surface area contributed by atoms with Crippen LogP contribution < -0.4 is 5.32 Å². The first-order valence-electron chi connectivity index (χ1n) is 5.48. The molecule has 0 radical (unpaired) electrons. The minimum Gasteiger partial charge on any atom is -0.452 e. The van der Waals surface area contributed by atoms with Crippen LogP contribution in [0.25, 0.3) is 0 Å². The van der Waals surface area contributed by atoms with Gasteiger partial charge in [0.1, 0.15) is 11.6 Å². The average Bonchev–Trinajstić information content (AvgIpc) is 2.75. The van der Waals surface area contributed by atoms with Gasteiger partial charge in [-0.3, -0.25) is 4.79 Å². The normalized spacial score (nSPS) is 12.2. The summed E-state index contributed by atoms with van der Waals surface area (Å²) in [5.74, 6) is -1.88. The summed E-state index contributed by atoms with van der Waals surface area (Å²) in [6.45, 7) is 1.59. The molecule has 3 nitrogen and oxygen atoms in total. The molecule has 2 aromatic rings. The second-order valence-corrected chi connectivity index (χ2v) is 4.31. The van der Waals surface area contributed by atoms with Crippen LogP contribution >= 0.6 is 11.6 Å². The van der Waals surface area contributed by atoms with Gasteiger partial charge in [0.25, 0.3) is 5.91 Å². The molecule has 100 valence electrons. The lowest BCUT2D eigenvalue weighted by Gasteiger charge is -2.14. The molecule has 0 aliphatic rings. The average molecular weight is 286 g/mol. The predicted octanol–water partition coefficient (Wildman–Crippen LogP) is 3.70. The molecule has 1 N–H and O–H groups in total. The Kier molecular flexibility index (Phi) is 3.85. The van der Waals surface area contributed by atoms with Gasteiger partial charge in [-0.05, 0) is 30.7 Å². The van der Waals surface area contributed by atoms with Gasteiger partial charge in [-0.25, -0.2) is 8.78 Å². The van der Waals surface area contributed by atoms with Crippen LogP contribution in [0.15, 0.2) is 34.9 Å². The second kappa shape index (κ2) is 5.40. The van der Waals surface area contributed by atoms with Gasteiger partial charge in [-0.15, -0.1) is 0 Å². The van der Waals surface area contributed by atoms with Gasteiger partial charge in [-0.2, -0.15) is 0 Å². The summed E-state index contributed by atoms with van der Waals surface area (Å²) >= 11 is 5.67. The van der Waals surface area contributed by atoms with Gasteiger partial charge < -0.3 is 9.73 Å². The number of hydrogen-bond donors (Lipinski definition) is 1. The molecule has 0 aliphatic heterocycles. The largest absolute Gasteiger partial charge is 0.452 e. The van der Waals surface area contributed by atoms with Crippen molar-refractivity contribution in [2.75, 3.05) is 0 Å². The minimum atomic E-state index is -0.717. The predicted molar refractivity (Wildman–Crippen MR) is 66.0 cm³/mol. The molecule has 0 fully saturated rings. The van der Waals surface area contributed by atoms with Crippen molar-refractivity contribution in [3.05, 3.63) is 58.5 Å². The maximum atomic E-state index is 13.5. The Morgan fingerprint density at radius 2 is 2.11 bits per heavy atom. The molecular formula is C13H10ClF2NO2. The third kappa shape index (κ3) is 2.93. The Hall–Kier alpha value is -1.88. The van der Waals surface area contributed by atoms with E-state index < -0.39 is 23.6 Å². The Bertz CT molecular complexity index is 612. The highest BCUT2D eigenvalue weighted by Gasteiger charge is 2.18. The van der Waals surface area contributed by atoms with Crippen LogP contribution in [0, 0.1) is 11.6 Å². The molecule has 2 rings (SSSR count). The van der Waals surface area contributed by atoms with Gasteiger partial charge in [-0.1, -0.05) is 6.07 Å². The molecule has 1 unspecified atom stereocenters. The number of carbonyl (C=O) groups excluding carboxylic acids is 1. The summed E-state index contributed by atoms with van der Waals surface area (Å²) in [5, 5.41) is 2.52. The van der Waals surface area contributed by atoms with Crippen LogP contribution in [0.4, 0.5) is 8.78 Å². The van der Waals surface area contributed by atoms with Gasteiger partial charge in [0, 0.05) is 11.6 Å². The minimum absolute atomic E-state index is 0.0377. The highest BCUT2D eigenvalue weighted by molar-refractivity contribution is 6.32. The fourth-order valence-corrected chi connectivity index (χ4v) is 1.86. The lowest BCUT2D eigenvalue weighted by Crippen LogP contribution is -2.27. The summed E-state index contributed by atoms with van der Waals surface area (Å²) in [6.07, 6.45) is 1.28. The second-order valence-electron chi connectivity index (χ2n) is 3.97. The van der Waals surface area contributed by atoms with Crippen LogP contribution in [-0.4, -0.2) is 5.91 Å². The van der Waals surface area contributed by atoms with E-state index in [0.29, 0.717) is 0 Å². The Labute approximate surface area is 113 Å². The summed E-state index contributed by atoms with van der Waals surface area (Å²) in [5.41, 5.74) is 0.352. The summed E-state index contributed by atoms with van der Waals surface area (Å²) in [7, 11) is 0. The molecule has 0 bridgehead atoms.